The quantitative estimate of drug-likeness (QED) is 0.623. The third-order valence-corrected chi connectivity index (χ3v) is 6.36. The van der Waals surface area contributed by atoms with E-state index in [0.29, 0.717) is 24.8 Å². The molecule has 0 N–H and O–H groups in total. The van der Waals surface area contributed by atoms with Gasteiger partial charge in [-0.2, -0.15) is 4.98 Å². The number of carbonyl (C=O) groups excluding carboxylic acids is 2. The molecule has 0 bridgehead atoms. The van der Waals surface area contributed by atoms with Gasteiger partial charge >= 0.3 is 0 Å². The summed E-state index contributed by atoms with van der Waals surface area (Å²) >= 11 is 0. The van der Waals surface area contributed by atoms with Crippen LogP contribution in [0.25, 0.3) is 11.4 Å². The summed E-state index contributed by atoms with van der Waals surface area (Å²) in [6.07, 6.45) is 1.89. The molecule has 32 heavy (non-hydrogen) atoms. The topological polar surface area (TPSA) is 79.5 Å². The Morgan fingerprint density at radius 3 is 2.69 bits per heavy atom. The maximum atomic E-state index is 13.4. The molecule has 2 fully saturated rings. The average Bonchev–Trinajstić information content (AvgIpc) is 3.53. The molecule has 7 nitrogen and oxygen atoms in total. The number of hydrogen-bond acceptors (Lipinski definition) is 5. The number of aryl methyl sites for hydroxylation is 2. The summed E-state index contributed by atoms with van der Waals surface area (Å²) in [5.41, 5.74) is 3.99. The number of likely N-dealkylation sites (tertiary alicyclic amines) is 1. The molecular weight excluding hydrogens is 404 g/mol. The maximum absolute atomic E-state index is 13.4. The molecule has 0 spiro atoms. The van der Waals surface area contributed by atoms with E-state index in [1.165, 1.54) is 0 Å². The lowest BCUT2D eigenvalue weighted by atomic mass is 10.1. The van der Waals surface area contributed by atoms with Gasteiger partial charge in [-0.15, -0.1) is 0 Å². The number of carbonyl (C=O) groups is 2. The zero-order chi connectivity index (χ0) is 22.2. The fraction of sp³-hybridized carbons (Fsp3) is 0.360. The van der Waals surface area contributed by atoms with Crippen molar-refractivity contribution in [3.63, 3.8) is 0 Å². The standard InChI is InChI=1S/C25H26N4O3/c1-16-8-10-20(11-9-16)29-15-19(14-22(29)30)25(31)28-12-4-7-21(28)24-26-23(27-32-24)18-6-3-5-17(2)13-18/h3,5-6,8-11,13,19,21H,4,7,12,14-15H2,1-2H3/t19-,21-/m0/s1. The molecule has 5 rings (SSSR count). The first-order chi connectivity index (χ1) is 15.5. The Bertz CT molecular complexity index is 1150. The first kappa shape index (κ1) is 20.4. The Balaban J connectivity index is 1.32. The van der Waals surface area contributed by atoms with E-state index in [1.807, 2.05) is 67.3 Å². The Hall–Kier alpha value is -3.48. The van der Waals surface area contributed by atoms with Gasteiger partial charge in [-0.05, 0) is 44.9 Å². The van der Waals surface area contributed by atoms with Crippen LogP contribution in [0.5, 0.6) is 0 Å². The number of aromatic nitrogens is 2. The number of rotatable bonds is 4. The minimum absolute atomic E-state index is 0.00855. The molecule has 0 unspecified atom stereocenters. The molecule has 0 radical (unpaired) electrons. The highest BCUT2D eigenvalue weighted by Crippen LogP contribution is 2.35. The maximum Gasteiger partial charge on any atom is 0.249 e. The number of amides is 2. The van der Waals surface area contributed by atoms with Crippen LogP contribution < -0.4 is 4.90 Å². The number of benzene rings is 2. The normalized spacial score (nSPS) is 20.9. The van der Waals surface area contributed by atoms with Crippen molar-refractivity contribution in [1.82, 2.24) is 15.0 Å². The molecule has 7 heteroatoms. The van der Waals surface area contributed by atoms with Crippen LogP contribution in [-0.4, -0.2) is 39.9 Å². The second-order valence-electron chi connectivity index (χ2n) is 8.76. The summed E-state index contributed by atoms with van der Waals surface area (Å²) in [5.74, 6) is 0.619. The lowest BCUT2D eigenvalue weighted by Crippen LogP contribution is -2.37. The zero-order valence-electron chi connectivity index (χ0n) is 18.3. The molecule has 2 aromatic carbocycles. The summed E-state index contributed by atoms with van der Waals surface area (Å²) in [4.78, 5) is 34.2. The molecule has 2 atom stereocenters. The van der Waals surface area contributed by atoms with Crippen LogP contribution in [-0.2, 0) is 9.59 Å². The number of nitrogens with zero attached hydrogens (tertiary/aromatic N) is 4. The predicted molar refractivity (Wildman–Crippen MR) is 120 cm³/mol. The van der Waals surface area contributed by atoms with Crippen LogP contribution in [0.3, 0.4) is 0 Å². The molecule has 2 saturated heterocycles. The molecule has 164 valence electrons. The smallest absolute Gasteiger partial charge is 0.249 e. The van der Waals surface area contributed by atoms with Gasteiger partial charge < -0.3 is 14.3 Å². The van der Waals surface area contributed by atoms with Crippen molar-refractivity contribution in [3.8, 4) is 11.4 Å². The van der Waals surface area contributed by atoms with Gasteiger partial charge in [-0.25, -0.2) is 0 Å². The summed E-state index contributed by atoms with van der Waals surface area (Å²) in [5, 5.41) is 4.15. The molecule has 0 saturated carbocycles. The van der Waals surface area contributed by atoms with Crippen molar-refractivity contribution in [2.24, 2.45) is 5.92 Å². The monoisotopic (exact) mass is 430 g/mol. The molecule has 2 aliphatic heterocycles. The summed E-state index contributed by atoms with van der Waals surface area (Å²) in [7, 11) is 0. The van der Waals surface area contributed by atoms with Gasteiger partial charge in [0.05, 0.1) is 5.92 Å². The van der Waals surface area contributed by atoms with E-state index in [0.717, 1.165) is 35.2 Å². The third-order valence-electron chi connectivity index (χ3n) is 6.36. The van der Waals surface area contributed by atoms with Crippen LogP contribution in [0.4, 0.5) is 5.69 Å². The Labute approximate surface area is 187 Å². The van der Waals surface area contributed by atoms with Crippen molar-refractivity contribution in [2.45, 2.75) is 39.2 Å². The van der Waals surface area contributed by atoms with Gasteiger partial charge in [0.25, 0.3) is 0 Å². The average molecular weight is 431 g/mol. The first-order valence-electron chi connectivity index (χ1n) is 11.1. The van der Waals surface area contributed by atoms with E-state index in [2.05, 4.69) is 10.1 Å². The molecule has 0 aliphatic carbocycles. The fourth-order valence-corrected chi connectivity index (χ4v) is 4.64. The van der Waals surface area contributed by atoms with Crippen LogP contribution in [0.1, 0.15) is 42.3 Å². The SMILES string of the molecule is Cc1ccc(N2C[C@@H](C(=O)N3CCC[C@H]3c3nc(-c4cccc(C)c4)no3)CC2=O)cc1. The van der Waals surface area contributed by atoms with Crippen molar-refractivity contribution in [2.75, 3.05) is 18.0 Å². The van der Waals surface area contributed by atoms with Gasteiger partial charge in [0, 0.05) is 30.8 Å². The van der Waals surface area contributed by atoms with Gasteiger partial charge in [-0.1, -0.05) is 46.6 Å². The number of anilines is 1. The third kappa shape index (κ3) is 3.79. The van der Waals surface area contributed by atoms with E-state index < -0.39 is 0 Å². The molecule has 2 aliphatic rings. The van der Waals surface area contributed by atoms with E-state index in [9.17, 15) is 9.59 Å². The lowest BCUT2D eigenvalue weighted by Gasteiger charge is -2.25. The van der Waals surface area contributed by atoms with Crippen LogP contribution in [0.2, 0.25) is 0 Å². The summed E-state index contributed by atoms with van der Waals surface area (Å²) in [6, 6.07) is 15.5. The molecule has 2 amide bonds. The number of hydrogen-bond donors (Lipinski definition) is 0. The second kappa shape index (κ2) is 8.22. The highest BCUT2D eigenvalue weighted by Gasteiger charge is 2.42. The summed E-state index contributed by atoms with van der Waals surface area (Å²) in [6.45, 7) is 5.07. The van der Waals surface area contributed by atoms with Crippen molar-refractivity contribution < 1.29 is 14.1 Å². The van der Waals surface area contributed by atoms with Gasteiger partial charge in [0.2, 0.25) is 23.5 Å². The second-order valence-corrected chi connectivity index (χ2v) is 8.76. The van der Waals surface area contributed by atoms with Crippen molar-refractivity contribution in [3.05, 3.63) is 65.5 Å². The van der Waals surface area contributed by atoms with Crippen molar-refractivity contribution in [1.29, 1.82) is 0 Å². The molecule has 1 aromatic heterocycles. The van der Waals surface area contributed by atoms with E-state index >= 15 is 0 Å². The Morgan fingerprint density at radius 2 is 1.91 bits per heavy atom. The largest absolute Gasteiger partial charge is 0.337 e. The minimum Gasteiger partial charge on any atom is -0.337 e. The Morgan fingerprint density at radius 1 is 1.09 bits per heavy atom. The van der Waals surface area contributed by atoms with E-state index in [-0.39, 0.29) is 30.2 Å². The van der Waals surface area contributed by atoms with Gasteiger partial charge in [0.15, 0.2) is 0 Å². The molecule has 3 aromatic rings. The zero-order valence-corrected chi connectivity index (χ0v) is 18.3. The first-order valence-corrected chi connectivity index (χ1v) is 11.1. The van der Waals surface area contributed by atoms with Crippen LogP contribution in [0, 0.1) is 19.8 Å². The highest BCUT2D eigenvalue weighted by molar-refractivity contribution is 6.00. The molecular formula is C25H26N4O3. The van der Waals surface area contributed by atoms with E-state index in [1.54, 1.807) is 4.90 Å². The van der Waals surface area contributed by atoms with E-state index in [4.69, 9.17) is 4.52 Å². The highest BCUT2D eigenvalue weighted by atomic mass is 16.5. The molecule has 3 heterocycles. The van der Waals surface area contributed by atoms with Crippen LogP contribution >= 0.6 is 0 Å². The van der Waals surface area contributed by atoms with Crippen LogP contribution in [0.15, 0.2) is 53.1 Å². The lowest BCUT2D eigenvalue weighted by molar-refractivity contribution is -0.137. The summed E-state index contributed by atoms with van der Waals surface area (Å²) < 4.78 is 5.58. The van der Waals surface area contributed by atoms with Gasteiger partial charge in [0.1, 0.15) is 6.04 Å². The van der Waals surface area contributed by atoms with Gasteiger partial charge in [-0.3, -0.25) is 9.59 Å². The fourth-order valence-electron chi connectivity index (χ4n) is 4.64. The van der Waals surface area contributed by atoms with Crippen molar-refractivity contribution >= 4 is 17.5 Å². The Kier molecular flexibility index (Phi) is 5.25. The minimum atomic E-state index is -0.358. The predicted octanol–water partition coefficient (Wildman–Crippen LogP) is 4.07.